The molecule has 0 aromatic heterocycles. The number of rotatable bonds is 4. The Balaban J connectivity index is 1.64. The van der Waals surface area contributed by atoms with Crippen LogP contribution in [0, 0.1) is 5.92 Å². The first kappa shape index (κ1) is 16.3. The summed E-state index contributed by atoms with van der Waals surface area (Å²) in [7, 11) is 0. The van der Waals surface area contributed by atoms with Gasteiger partial charge in [-0.3, -0.25) is 0 Å². The van der Waals surface area contributed by atoms with Crippen molar-refractivity contribution in [2.45, 2.75) is 24.7 Å². The summed E-state index contributed by atoms with van der Waals surface area (Å²) in [5, 5.41) is 12.3. The number of likely N-dealkylation sites (tertiary alicyclic amines) is 1. The predicted molar refractivity (Wildman–Crippen MR) is 88.3 cm³/mol. The van der Waals surface area contributed by atoms with Gasteiger partial charge in [0.2, 0.25) is 0 Å². The monoisotopic (exact) mass is 318 g/mol. The van der Waals surface area contributed by atoms with Gasteiger partial charge in [-0.25, -0.2) is 4.79 Å². The lowest BCUT2D eigenvalue weighted by atomic mass is 9.74. The molecule has 2 amide bonds. The fourth-order valence-electron chi connectivity index (χ4n) is 3.64. The maximum atomic E-state index is 12.4. The number of urea groups is 1. The zero-order valence-electron chi connectivity index (χ0n) is 13.5. The smallest absolute Gasteiger partial charge is 0.317 e. The second-order valence-corrected chi connectivity index (χ2v) is 6.70. The van der Waals surface area contributed by atoms with Gasteiger partial charge in [0, 0.05) is 50.8 Å². The van der Waals surface area contributed by atoms with E-state index in [1.165, 1.54) is 5.56 Å². The Labute approximate surface area is 137 Å². The second kappa shape index (κ2) is 7.32. The van der Waals surface area contributed by atoms with Crippen LogP contribution < -0.4 is 5.32 Å². The first-order valence-corrected chi connectivity index (χ1v) is 8.50. The Morgan fingerprint density at radius 2 is 2.04 bits per heavy atom. The molecule has 23 heavy (non-hydrogen) atoms. The molecule has 126 valence electrons. The Morgan fingerprint density at radius 1 is 1.30 bits per heavy atom. The van der Waals surface area contributed by atoms with Crippen LogP contribution in [0.2, 0.25) is 0 Å². The van der Waals surface area contributed by atoms with Gasteiger partial charge in [-0.15, -0.1) is 0 Å². The first-order chi connectivity index (χ1) is 11.2. The number of ether oxygens (including phenoxy) is 1. The third-order valence-electron chi connectivity index (χ3n) is 5.25. The van der Waals surface area contributed by atoms with Crippen LogP contribution in [0.25, 0.3) is 0 Å². The van der Waals surface area contributed by atoms with Crippen LogP contribution >= 0.6 is 0 Å². The lowest BCUT2D eigenvalue weighted by Crippen LogP contribution is -2.48. The Bertz CT molecular complexity index is 514. The molecular weight excluding hydrogens is 292 g/mol. The van der Waals surface area contributed by atoms with E-state index in [0.717, 1.165) is 39.0 Å². The van der Waals surface area contributed by atoms with Crippen molar-refractivity contribution in [3.8, 4) is 0 Å². The molecule has 5 nitrogen and oxygen atoms in total. The van der Waals surface area contributed by atoms with E-state index in [4.69, 9.17) is 4.74 Å². The summed E-state index contributed by atoms with van der Waals surface area (Å²) in [5.41, 5.74) is 1.24. The molecule has 1 unspecified atom stereocenters. The van der Waals surface area contributed by atoms with Crippen LogP contribution in [0.4, 0.5) is 4.79 Å². The van der Waals surface area contributed by atoms with Gasteiger partial charge in [-0.2, -0.15) is 0 Å². The van der Waals surface area contributed by atoms with E-state index in [1.807, 2.05) is 11.0 Å². The SMILES string of the molecule is O=C(NCC1(c2ccccc2)CCOCC1)N1CCC(CO)C1. The molecule has 2 N–H and O–H groups in total. The van der Waals surface area contributed by atoms with Crippen LogP contribution in [0.15, 0.2) is 30.3 Å². The van der Waals surface area contributed by atoms with Gasteiger partial charge in [0.1, 0.15) is 0 Å². The normalized spacial score (nSPS) is 23.7. The topological polar surface area (TPSA) is 61.8 Å². The standard InChI is InChI=1S/C18H26N2O3/c21-13-15-6-9-20(12-15)17(22)19-14-18(7-10-23-11-8-18)16-4-2-1-3-5-16/h1-5,15,21H,6-14H2,(H,19,22). The number of hydrogen-bond donors (Lipinski definition) is 2. The highest BCUT2D eigenvalue weighted by molar-refractivity contribution is 5.74. The molecule has 0 saturated carbocycles. The number of nitrogens with one attached hydrogen (secondary N) is 1. The summed E-state index contributed by atoms with van der Waals surface area (Å²) >= 11 is 0. The third kappa shape index (κ3) is 3.67. The lowest BCUT2D eigenvalue weighted by Gasteiger charge is -2.38. The van der Waals surface area contributed by atoms with Crippen LogP contribution in [0.5, 0.6) is 0 Å². The Kier molecular flexibility index (Phi) is 5.18. The molecule has 2 fully saturated rings. The molecule has 2 saturated heterocycles. The van der Waals surface area contributed by atoms with Crippen molar-refractivity contribution in [1.29, 1.82) is 0 Å². The van der Waals surface area contributed by atoms with Crippen LogP contribution in [0.3, 0.4) is 0 Å². The molecule has 1 aromatic rings. The van der Waals surface area contributed by atoms with E-state index in [9.17, 15) is 9.90 Å². The highest BCUT2D eigenvalue weighted by Crippen LogP contribution is 2.34. The van der Waals surface area contributed by atoms with Crippen LogP contribution in [-0.4, -0.2) is 55.5 Å². The Morgan fingerprint density at radius 3 is 2.70 bits per heavy atom. The highest BCUT2D eigenvalue weighted by Gasteiger charge is 2.35. The number of aliphatic hydroxyl groups is 1. The molecule has 1 atom stereocenters. The number of benzene rings is 1. The van der Waals surface area contributed by atoms with E-state index in [2.05, 4.69) is 29.6 Å². The number of carbonyl (C=O) groups excluding carboxylic acids is 1. The summed E-state index contributed by atoms with van der Waals surface area (Å²) in [6.07, 6.45) is 2.74. The van der Waals surface area contributed by atoms with Crippen LogP contribution in [-0.2, 0) is 10.2 Å². The van der Waals surface area contributed by atoms with Gasteiger partial charge in [-0.05, 0) is 24.8 Å². The van der Waals surface area contributed by atoms with E-state index >= 15 is 0 Å². The quantitative estimate of drug-likeness (QED) is 0.889. The van der Waals surface area contributed by atoms with Crippen molar-refractivity contribution in [2.24, 2.45) is 5.92 Å². The molecule has 3 rings (SSSR count). The van der Waals surface area contributed by atoms with Crippen LogP contribution in [0.1, 0.15) is 24.8 Å². The minimum atomic E-state index is -0.0364. The Hall–Kier alpha value is -1.59. The zero-order chi connectivity index (χ0) is 16.1. The van der Waals surface area contributed by atoms with Crippen molar-refractivity contribution in [2.75, 3.05) is 39.5 Å². The fourth-order valence-corrected chi connectivity index (χ4v) is 3.64. The van der Waals surface area contributed by atoms with Crippen molar-refractivity contribution in [3.05, 3.63) is 35.9 Å². The van der Waals surface area contributed by atoms with Crippen molar-refractivity contribution < 1.29 is 14.6 Å². The second-order valence-electron chi connectivity index (χ2n) is 6.70. The summed E-state index contributed by atoms with van der Waals surface area (Å²) in [5.74, 6) is 0.229. The van der Waals surface area contributed by atoms with Gasteiger partial charge in [0.25, 0.3) is 0 Å². The third-order valence-corrected chi connectivity index (χ3v) is 5.25. The summed E-state index contributed by atoms with van der Waals surface area (Å²) < 4.78 is 5.53. The first-order valence-electron chi connectivity index (χ1n) is 8.50. The summed E-state index contributed by atoms with van der Waals surface area (Å²) in [4.78, 5) is 14.2. The average molecular weight is 318 g/mol. The largest absolute Gasteiger partial charge is 0.396 e. The fraction of sp³-hybridized carbons (Fsp3) is 0.611. The number of amides is 2. The number of carbonyl (C=O) groups is 1. The van der Waals surface area contributed by atoms with E-state index in [0.29, 0.717) is 13.1 Å². The highest BCUT2D eigenvalue weighted by atomic mass is 16.5. The summed E-state index contributed by atoms with van der Waals surface area (Å²) in [6.45, 7) is 3.67. The molecule has 0 spiro atoms. The summed E-state index contributed by atoms with van der Waals surface area (Å²) in [6, 6.07) is 10.4. The predicted octanol–water partition coefficient (Wildman–Crippen LogP) is 1.76. The molecule has 0 aliphatic carbocycles. The molecule has 5 heteroatoms. The van der Waals surface area contributed by atoms with Crippen molar-refractivity contribution >= 4 is 6.03 Å². The van der Waals surface area contributed by atoms with Gasteiger partial charge < -0.3 is 20.1 Å². The average Bonchev–Trinajstić information content (AvgIpc) is 3.10. The molecule has 0 bridgehead atoms. The van der Waals surface area contributed by atoms with E-state index in [1.54, 1.807) is 0 Å². The number of aliphatic hydroxyl groups excluding tert-OH is 1. The molecule has 0 radical (unpaired) electrons. The van der Waals surface area contributed by atoms with Gasteiger partial charge in [-0.1, -0.05) is 30.3 Å². The van der Waals surface area contributed by atoms with E-state index in [-0.39, 0.29) is 24.0 Å². The van der Waals surface area contributed by atoms with E-state index < -0.39 is 0 Å². The number of hydrogen-bond acceptors (Lipinski definition) is 3. The lowest BCUT2D eigenvalue weighted by molar-refractivity contribution is 0.0502. The molecule has 1 aromatic carbocycles. The van der Waals surface area contributed by atoms with Gasteiger partial charge >= 0.3 is 6.03 Å². The van der Waals surface area contributed by atoms with Gasteiger partial charge in [0.15, 0.2) is 0 Å². The van der Waals surface area contributed by atoms with Crippen molar-refractivity contribution in [3.63, 3.8) is 0 Å². The molecule has 2 aliphatic heterocycles. The molecular formula is C18H26N2O3. The maximum Gasteiger partial charge on any atom is 0.317 e. The molecule has 2 heterocycles. The number of nitrogens with zero attached hydrogens (tertiary/aromatic N) is 1. The minimum absolute atomic E-state index is 0.0113. The zero-order valence-corrected chi connectivity index (χ0v) is 13.5. The van der Waals surface area contributed by atoms with Crippen molar-refractivity contribution in [1.82, 2.24) is 10.2 Å². The molecule has 2 aliphatic rings. The minimum Gasteiger partial charge on any atom is -0.396 e. The maximum absolute atomic E-state index is 12.4. The van der Waals surface area contributed by atoms with Gasteiger partial charge in [0.05, 0.1) is 0 Å².